The average molecular weight is 339 g/mol. The number of para-hydroxylation sites is 1. The molecule has 108 valence electrons. The maximum Gasteiger partial charge on any atom is 0.165 e. The third-order valence-corrected chi connectivity index (χ3v) is 3.57. The number of hydrogen-bond acceptors (Lipinski definition) is 4. The predicted octanol–water partition coefficient (Wildman–Crippen LogP) is 2.70. The van der Waals surface area contributed by atoms with E-state index in [0.717, 1.165) is 28.0 Å². The molecule has 0 saturated carbocycles. The number of ether oxygens (including phenoxy) is 1. The molecule has 0 unspecified atom stereocenters. The van der Waals surface area contributed by atoms with Gasteiger partial charge in [-0.05, 0) is 54.4 Å². The van der Waals surface area contributed by atoms with E-state index >= 15 is 0 Å². The summed E-state index contributed by atoms with van der Waals surface area (Å²) in [5.74, 6) is 1.64. The summed E-state index contributed by atoms with van der Waals surface area (Å²) in [7, 11) is 0. The van der Waals surface area contributed by atoms with Gasteiger partial charge in [0.25, 0.3) is 0 Å². The molecule has 2 rings (SSSR count). The van der Waals surface area contributed by atoms with Crippen molar-refractivity contribution < 1.29 is 4.74 Å². The summed E-state index contributed by atoms with van der Waals surface area (Å²) in [6.45, 7) is 5.11. The van der Waals surface area contributed by atoms with Crippen LogP contribution in [0.5, 0.6) is 5.75 Å². The maximum atomic E-state index is 5.93. The van der Waals surface area contributed by atoms with Crippen molar-refractivity contribution in [3.05, 3.63) is 40.4 Å². The van der Waals surface area contributed by atoms with Crippen LogP contribution < -0.4 is 10.5 Å². The van der Waals surface area contributed by atoms with Gasteiger partial charge in [0.2, 0.25) is 0 Å². The molecular formula is C14H19BrN4O. The molecule has 0 aliphatic heterocycles. The number of aromatic nitrogens is 3. The van der Waals surface area contributed by atoms with Crippen molar-refractivity contribution >= 4 is 15.9 Å². The van der Waals surface area contributed by atoms with E-state index in [1.165, 1.54) is 0 Å². The Morgan fingerprint density at radius 2 is 2.20 bits per heavy atom. The smallest absolute Gasteiger partial charge is 0.165 e. The fraction of sp³-hybridized carbons (Fsp3) is 0.429. The lowest BCUT2D eigenvalue weighted by Gasteiger charge is -2.14. The molecule has 1 aromatic heterocycles. The second-order valence-corrected chi connectivity index (χ2v) is 5.62. The zero-order chi connectivity index (χ0) is 14.5. The molecule has 0 saturated heterocycles. The average Bonchev–Trinajstić information content (AvgIpc) is 2.87. The van der Waals surface area contributed by atoms with Gasteiger partial charge in [-0.3, -0.25) is 0 Å². The molecule has 0 bridgehead atoms. The van der Waals surface area contributed by atoms with Crippen LogP contribution in [0.1, 0.15) is 31.3 Å². The molecular weight excluding hydrogens is 320 g/mol. The summed E-state index contributed by atoms with van der Waals surface area (Å²) in [6.07, 6.45) is 2.34. The number of nitrogens with two attached hydrogens (primary N) is 1. The van der Waals surface area contributed by atoms with Gasteiger partial charge in [-0.1, -0.05) is 12.1 Å². The lowest BCUT2D eigenvalue weighted by molar-refractivity contribution is 0.278. The van der Waals surface area contributed by atoms with Crippen LogP contribution in [-0.2, 0) is 13.0 Å². The van der Waals surface area contributed by atoms with Crippen molar-refractivity contribution in [1.29, 1.82) is 0 Å². The van der Waals surface area contributed by atoms with E-state index < -0.39 is 0 Å². The normalized spacial score (nSPS) is 11.1. The minimum absolute atomic E-state index is 0.263. The minimum atomic E-state index is 0.263. The Kier molecular flexibility index (Phi) is 5.14. The fourth-order valence-corrected chi connectivity index (χ4v) is 2.53. The SMILES string of the molecule is CC(C)n1ncnc1COc1c(Br)cccc1CCN. The van der Waals surface area contributed by atoms with Gasteiger partial charge in [0.15, 0.2) is 5.82 Å². The minimum Gasteiger partial charge on any atom is -0.484 e. The van der Waals surface area contributed by atoms with E-state index in [1.807, 2.05) is 22.9 Å². The van der Waals surface area contributed by atoms with Crippen molar-refractivity contribution in [2.24, 2.45) is 5.73 Å². The van der Waals surface area contributed by atoms with E-state index in [-0.39, 0.29) is 6.04 Å². The summed E-state index contributed by atoms with van der Waals surface area (Å²) >= 11 is 3.52. The van der Waals surface area contributed by atoms with E-state index in [0.29, 0.717) is 13.2 Å². The third-order valence-electron chi connectivity index (χ3n) is 2.94. The fourth-order valence-electron chi connectivity index (χ4n) is 2.01. The highest BCUT2D eigenvalue weighted by Gasteiger charge is 2.12. The molecule has 1 aromatic carbocycles. The Morgan fingerprint density at radius 1 is 1.40 bits per heavy atom. The van der Waals surface area contributed by atoms with E-state index in [4.69, 9.17) is 10.5 Å². The highest BCUT2D eigenvalue weighted by molar-refractivity contribution is 9.10. The first-order valence-electron chi connectivity index (χ1n) is 6.62. The Hall–Kier alpha value is -1.40. The van der Waals surface area contributed by atoms with Crippen LogP contribution in [0.4, 0.5) is 0 Å². The Balaban J connectivity index is 2.16. The van der Waals surface area contributed by atoms with Crippen molar-refractivity contribution in [3.8, 4) is 5.75 Å². The van der Waals surface area contributed by atoms with Gasteiger partial charge in [0, 0.05) is 6.04 Å². The molecule has 0 fully saturated rings. The van der Waals surface area contributed by atoms with Crippen LogP contribution in [0.25, 0.3) is 0 Å². The molecule has 2 N–H and O–H groups in total. The summed E-state index contributed by atoms with van der Waals surface area (Å²) in [5, 5.41) is 4.20. The molecule has 1 heterocycles. The van der Waals surface area contributed by atoms with Crippen LogP contribution in [0.2, 0.25) is 0 Å². The second-order valence-electron chi connectivity index (χ2n) is 4.77. The molecule has 5 nitrogen and oxygen atoms in total. The van der Waals surface area contributed by atoms with Gasteiger partial charge < -0.3 is 10.5 Å². The van der Waals surface area contributed by atoms with E-state index in [9.17, 15) is 0 Å². The van der Waals surface area contributed by atoms with Crippen LogP contribution in [0.3, 0.4) is 0 Å². The summed E-state index contributed by atoms with van der Waals surface area (Å²) in [4.78, 5) is 4.24. The Morgan fingerprint density at radius 3 is 2.90 bits per heavy atom. The second kappa shape index (κ2) is 6.85. The van der Waals surface area contributed by atoms with Crippen molar-refractivity contribution in [2.75, 3.05) is 6.54 Å². The first-order valence-corrected chi connectivity index (χ1v) is 7.41. The number of halogens is 1. The topological polar surface area (TPSA) is 66.0 Å². The van der Waals surface area contributed by atoms with Crippen LogP contribution in [-0.4, -0.2) is 21.3 Å². The van der Waals surface area contributed by atoms with Crippen molar-refractivity contribution in [3.63, 3.8) is 0 Å². The zero-order valence-electron chi connectivity index (χ0n) is 11.7. The molecule has 0 aliphatic rings. The zero-order valence-corrected chi connectivity index (χ0v) is 13.3. The lowest BCUT2D eigenvalue weighted by atomic mass is 10.1. The number of hydrogen-bond donors (Lipinski definition) is 1. The molecule has 0 aliphatic carbocycles. The molecule has 20 heavy (non-hydrogen) atoms. The van der Waals surface area contributed by atoms with Gasteiger partial charge in [-0.2, -0.15) is 5.10 Å². The first-order chi connectivity index (χ1) is 9.63. The maximum absolute atomic E-state index is 5.93. The molecule has 0 spiro atoms. The monoisotopic (exact) mass is 338 g/mol. The van der Waals surface area contributed by atoms with Gasteiger partial charge in [0.05, 0.1) is 4.47 Å². The summed E-state index contributed by atoms with van der Waals surface area (Å²) < 4.78 is 8.72. The quantitative estimate of drug-likeness (QED) is 0.879. The number of rotatable bonds is 6. The highest BCUT2D eigenvalue weighted by atomic mass is 79.9. The predicted molar refractivity (Wildman–Crippen MR) is 81.6 cm³/mol. The van der Waals surface area contributed by atoms with Crippen molar-refractivity contribution in [2.45, 2.75) is 32.9 Å². The molecule has 0 radical (unpaired) electrons. The molecule has 0 amide bonds. The molecule has 6 heteroatoms. The Bertz CT molecular complexity index is 568. The van der Waals surface area contributed by atoms with Crippen LogP contribution in [0.15, 0.2) is 29.0 Å². The van der Waals surface area contributed by atoms with Crippen LogP contribution in [0, 0.1) is 0 Å². The summed E-state index contributed by atoms with van der Waals surface area (Å²) in [5.41, 5.74) is 6.73. The van der Waals surface area contributed by atoms with E-state index in [2.05, 4.69) is 39.9 Å². The summed E-state index contributed by atoms with van der Waals surface area (Å²) in [6, 6.07) is 6.24. The van der Waals surface area contributed by atoms with Gasteiger partial charge in [-0.15, -0.1) is 0 Å². The van der Waals surface area contributed by atoms with Gasteiger partial charge in [-0.25, -0.2) is 9.67 Å². The largest absolute Gasteiger partial charge is 0.484 e. The van der Waals surface area contributed by atoms with Gasteiger partial charge in [0.1, 0.15) is 18.7 Å². The Labute approximate surface area is 127 Å². The van der Waals surface area contributed by atoms with E-state index in [1.54, 1.807) is 6.33 Å². The molecule has 2 aromatic rings. The van der Waals surface area contributed by atoms with Crippen molar-refractivity contribution in [1.82, 2.24) is 14.8 Å². The lowest BCUT2D eigenvalue weighted by Crippen LogP contribution is -2.12. The number of nitrogens with zero attached hydrogens (tertiary/aromatic N) is 3. The number of benzene rings is 1. The molecule has 0 atom stereocenters. The first kappa shape index (κ1) is 15.0. The van der Waals surface area contributed by atoms with Crippen LogP contribution >= 0.6 is 15.9 Å². The highest BCUT2D eigenvalue weighted by Crippen LogP contribution is 2.30. The third kappa shape index (κ3) is 3.37. The van der Waals surface area contributed by atoms with Gasteiger partial charge >= 0.3 is 0 Å². The standard InChI is InChI=1S/C14H19BrN4O/c1-10(2)19-13(17-9-18-19)8-20-14-11(6-7-16)4-3-5-12(14)15/h3-5,9-10H,6-8,16H2,1-2H3.